The molecule has 4 rings (SSSR count). The van der Waals surface area contributed by atoms with Crippen molar-refractivity contribution in [2.24, 2.45) is 0 Å². The van der Waals surface area contributed by atoms with Crippen molar-refractivity contribution < 1.29 is 0 Å². The van der Waals surface area contributed by atoms with Crippen LogP contribution in [-0.2, 0) is 0 Å². The van der Waals surface area contributed by atoms with Crippen LogP contribution >= 0.6 is 11.6 Å². The molecule has 6 nitrogen and oxygen atoms in total. The lowest BCUT2D eigenvalue weighted by Crippen LogP contribution is -2.43. The van der Waals surface area contributed by atoms with Crippen LogP contribution in [0.15, 0.2) is 43.0 Å². The van der Waals surface area contributed by atoms with Crippen molar-refractivity contribution in [3.8, 4) is 0 Å². The predicted octanol–water partition coefficient (Wildman–Crippen LogP) is 2.54. The summed E-state index contributed by atoms with van der Waals surface area (Å²) < 4.78 is 1.89. The summed E-state index contributed by atoms with van der Waals surface area (Å²) in [5, 5.41) is 7.29. The van der Waals surface area contributed by atoms with Gasteiger partial charge in [-0.15, -0.1) is 0 Å². The van der Waals surface area contributed by atoms with E-state index >= 15 is 0 Å². The van der Waals surface area contributed by atoms with Gasteiger partial charge < -0.3 is 19.9 Å². The maximum atomic E-state index is 6.15. The second-order valence-electron chi connectivity index (χ2n) is 5.49. The number of pyridine rings is 2. The molecule has 3 aromatic rings. The number of hydrogen-bond donors (Lipinski definition) is 2. The van der Waals surface area contributed by atoms with E-state index in [-0.39, 0.29) is 0 Å². The highest BCUT2D eigenvalue weighted by molar-refractivity contribution is 6.30. The third-order valence-electron chi connectivity index (χ3n) is 3.95. The van der Waals surface area contributed by atoms with E-state index in [4.69, 9.17) is 11.6 Å². The van der Waals surface area contributed by atoms with Crippen LogP contribution in [0.3, 0.4) is 0 Å². The summed E-state index contributed by atoms with van der Waals surface area (Å²) in [5.41, 5.74) is 2.81. The lowest BCUT2D eigenvalue weighted by atomic mass is 10.3. The highest BCUT2D eigenvalue weighted by Gasteiger charge is 2.11. The fourth-order valence-electron chi connectivity index (χ4n) is 2.80. The Balaban J connectivity index is 1.57. The second-order valence-corrected chi connectivity index (χ2v) is 5.93. The first-order valence-corrected chi connectivity index (χ1v) is 7.98. The smallest absolute Gasteiger partial charge is 0.160 e. The number of fused-ring (bicyclic) bond motifs is 1. The van der Waals surface area contributed by atoms with Crippen LogP contribution in [0.25, 0.3) is 5.65 Å². The monoisotopic (exact) mass is 328 g/mol. The molecular formula is C16H17ClN6. The number of anilines is 3. The maximum absolute atomic E-state index is 6.15. The van der Waals surface area contributed by atoms with Crippen LogP contribution in [0.5, 0.6) is 0 Å². The minimum Gasteiger partial charge on any atom is -0.368 e. The highest BCUT2D eigenvalue weighted by Crippen LogP contribution is 2.24. The number of nitrogens with one attached hydrogen (secondary N) is 2. The van der Waals surface area contributed by atoms with Gasteiger partial charge in [-0.2, -0.15) is 0 Å². The van der Waals surface area contributed by atoms with Gasteiger partial charge in [0.1, 0.15) is 5.82 Å². The number of aromatic nitrogens is 3. The third kappa shape index (κ3) is 2.95. The van der Waals surface area contributed by atoms with E-state index in [1.807, 2.05) is 35.1 Å². The topological polar surface area (TPSA) is 57.5 Å². The molecular weight excluding hydrogens is 312 g/mol. The average molecular weight is 329 g/mol. The first-order chi connectivity index (χ1) is 11.3. The zero-order valence-electron chi connectivity index (χ0n) is 12.5. The van der Waals surface area contributed by atoms with E-state index in [9.17, 15) is 0 Å². The van der Waals surface area contributed by atoms with Gasteiger partial charge in [0.15, 0.2) is 5.65 Å². The van der Waals surface area contributed by atoms with Crippen LogP contribution in [0, 0.1) is 0 Å². The first kappa shape index (κ1) is 14.3. The van der Waals surface area contributed by atoms with Gasteiger partial charge in [0.05, 0.1) is 22.6 Å². The Morgan fingerprint density at radius 2 is 2.04 bits per heavy atom. The summed E-state index contributed by atoms with van der Waals surface area (Å²) in [5.74, 6) is 0.774. The highest BCUT2D eigenvalue weighted by atomic mass is 35.5. The molecule has 0 amide bonds. The molecule has 0 saturated carbocycles. The molecule has 0 bridgehead atoms. The summed E-state index contributed by atoms with van der Waals surface area (Å²) in [6.07, 6.45) is 7.35. The molecule has 4 heterocycles. The predicted molar refractivity (Wildman–Crippen MR) is 92.8 cm³/mol. The Bertz CT molecular complexity index is 807. The summed E-state index contributed by atoms with van der Waals surface area (Å²) in [7, 11) is 0. The lowest BCUT2D eigenvalue weighted by Gasteiger charge is -2.29. The minimum absolute atomic E-state index is 0.649. The SMILES string of the molecule is Clc1cc(Nc2ccc(N3CCNCC3)cn2)c2nccn2c1. The molecule has 23 heavy (non-hydrogen) atoms. The largest absolute Gasteiger partial charge is 0.368 e. The molecule has 1 saturated heterocycles. The number of rotatable bonds is 3. The second kappa shape index (κ2) is 6.06. The van der Waals surface area contributed by atoms with E-state index in [1.165, 1.54) is 0 Å². The number of hydrogen-bond acceptors (Lipinski definition) is 5. The van der Waals surface area contributed by atoms with Gasteiger partial charge in [-0.25, -0.2) is 9.97 Å². The van der Waals surface area contributed by atoms with E-state index < -0.39 is 0 Å². The van der Waals surface area contributed by atoms with Crippen LogP contribution < -0.4 is 15.5 Å². The molecule has 2 N–H and O–H groups in total. The van der Waals surface area contributed by atoms with Crippen LogP contribution in [-0.4, -0.2) is 40.5 Å². The van der Waals surface area contributed by atoms with E-state index in [2.05, 4.69) is 31.6 Å². The Morgan fingerprint density at radius 1 is 1.17 bits per heavy atom. The van der Waals surface area contributed by atoms with Crippen molar-refractivity contribution in [3.05, 3.63) is 48.0 Å². The fraction of sp³-hybridized carbons (Fsp3) is 0.250. The van der Waals surface area contributed by atoms with Gasteiger partial charge >= 0.3 is 0 Å². The summed E-state index contributed by atoms with van der Waals surface area (Å²) in [6, 6.07) is 5.93. The van der Waals surface area contributed by atoms with Crippen LogP contribution in [0.2, 0.25) is 5.02 Å². The van der Waals surface area contributed by atoms with Gasteiger partial charge in [0.2, 0.25) is 0 Å². The molecule has 0 aliphatic carbocycles. The van der Waals surface area contributed by atoms with E-state index in [0.717, 1.165) is 49.0 Å². The van der Waals surface area contributed by atoms with E-state index in [0.29, 0.717) is 5.02 Å². The van der Waals surface area contributed by atoms with Gasteiger partial charge in [-0.05, 0) is 18.2 Å². The Morgan fingerprint density at radius 3 is 2.83 bits per heavy atom. The summed E-state index contributed by atoms with van der Waals surface area (Å²) in [6.45, 7) is 4.05. The molecule has 118 valence electrons. The van der Waals surface area contributed by atoms with Gasteiger partial charge in [-0.1, -0.05) is 11.6 Å². The summed E-state index contributed by atoms with van der Waals surface area (Å²) in [4.78, 5) is 11.2. The zero-order valence-corrected chi connectivity index (χ0v) is 13.3. The molecule has 0 spiro atoms. The van der Waals surface area contributed by atoms with Crippen LogP contribution in [0.1, 0.15) is 0 Å². The minimum atomic E-state index is 0.649. The molecule has 0 radical (unpaired) electrons. The van der Waals surface area contributed by atoms with Gasteiger partial charge in [0.25, 0.3) is 0 Å². The molecule has 3 aromatic heterocycles. The molecule has 7 heteroatoms. The van der Waals surface area contributed by atoms with Crippen molar-refractivity contribution >= 4 is 34.4 Å². The van der Waals surface area contributed by atoms with Gasteiger partial charge in [-0.3, -0.25) is 0 Å². The van der Waals surface area contributed by atoms with Crippen molar-refractivity contribution in [1.29, 1.82) is 0 Å². The standard InChI is InChI=1S/C16H17ClN6/c17-12-9-14(16-19-5-8-23(16)11-12)21-15-2-1-13(10-20-15)22-6-3-18-4-7-22/h1-2,5,8-11,18H,3-4,6-7H2,(H,20,21). The van der Waals surface area contributed by atoms with Crippen molar-refractivity contribution in [1.82, 2.24) is 19.7 Å². The number of nitrogens with zero attached hydrogens (tertiary/aromatic N) is 4. The average Bonchev–Trinajstić information content (AvgIpc) is 3.05. The van der Waals surface area contributed by atoms with Crippen LogP contribution in [0.4, 0.5) is 17.2 Å². The molecule has 0 atom stereocenters. The maximum Gasteiger partial charge on any atom is 0.160 e. The summed E-state index contributed by atoms with van der Waals surface area (Å²) >= 11 is 6.15. The van der Waals surface area contributed by atoms with Crippen molar-refractivity contribution in [2.45, 2.75) is 0 Å². The quantitative estimate of drug-likeness (QED) is 0.774. The van der Waals surface area contributed by atoms with Crippen molar-refractivity contribution in [3.63, 3.8) is 0 Å². The molecule has 1 fully saturated rings. The van der Waals surface area contributed by atoms with Crippen molar-refractivity contribution in [2.75, 3.05) is 36.4 Å². The normalized spacial score (nSPS) is 15.1. The molecule has 0 aromatic carbocycles. The lowest BCUT2D eigenvalue weighted by molar-refractivity contribution is 0.589. The zero-order chi connectivity index (χ0) is 15.6. The third-order valence-corrected chi connectivity index (χ3v) is 4.15. The molecule has 1 aliphatic rings. The fourth-order valence-corrected chi connectivity index (χ4v) is 3.01. The number of imidazole rings is 1. The van der Waals surface area contributed by atoms with Gasteiger partial charge in [0, 0.05) is 44.8 Å². The number of halogens is 1. The molecule has 1 aliphatic heterocycles. The number of piperazine rings is 1. The molecule has 0 unspecified atom stereocenters. The Hall–Kier alpha value is -2.31. The van der Waals surface area contributed by atoms with E-state index in [1.54, 1.807) is 6.20 Å². The first-order valence-electron chi connectivity index (χ1n) is 7.60. The Kier molecular flexibility index (Phi) is 3.77. The Labute approximate surface area is 139 Å².